The summed E-state index contributed by atoms with van der Waals surface area (Å²) >= 11 is 6.14. The predicted molar refractivity (Wildman–Crippen MR) is 74.3 cm³/mol. The summed E-state index contributed by atoms with van der Waals surface area (Å²) in [4.78, 5) is 10.7. The van der Waals surface area contributed by atoms with E-state index in [2.05, 4.69) is 5.32 Å². The van der Waals surface area contributed by atoms with Crippen molar-refractivity contribution in [1.29, 1.82) is 0 Å². The molecule has 0 saturated carbocycles. The van der Waals surface area contributed by atoms with Gasteiger partial charge in [-0.1, -0.05) is 17.7 Å². The van der Waals surface area contributed by atoms with Crippen LogP contribution in [0, 0.1) is 0 Å². The van der Waals surface area contributed by atoms with E-state index in [9.17, 15) is 4.79 Å². The van der Waals surface area contributed by atoms with Crippen molar-refractivity contribution in [1.82, 2.24) is 5.32 Å². The van der Waals surface area contributed by atoms with E-state index in [1.165, 1.54) is 0 Å². The molecule has 5 nitrogen and oxygen atoms in total. The van der Waals surface area contributed by atoms with Crippen LogP contribution < -0.4 is 15.8 Å². The van der Waals surface area contributed by atoms with E-state index < -0.39 is 0 Å². The summed E-state index contributed by atoms with van der Waals surface area (Å²) in [7, 11) is 1.65. The maximum atomic E-state index is 10.7. The molecule has 0 aliphatic rings. The lowest BCUT2D eigenvalue weighted by molar-refractivity contribution is -0.118. The monoisotopic (exact) mass is 286 g/mol. The zero-order valence-corrected chi connectivity index (χ0v) is 11.7. The number of methoxy groups -OCH3 is 1. The first-order valence-electron chi connectivity index (χ1n) is 6.03. The lowest BCUT2D eigenvalue weighted by atomic mass is 10.2. The Kier molecular flexibility index (Phi) is 7.25. The molecule has 1 aromatic carbocycles. The van der Waals surface area contributed by atoms with E-state index in [0.717, 1.165) is 12.1 Å². The van der Waals surface area contributed by atoms with Gasteiger partial charge in [0.25, 0.3) is 0 Å². The summed E-state index contributed by atoms with van der Waals surface area (Å²) in [6.07, 6.45) is 0.184. The molecule has 0 spiro atoms. The first-order valence-corrected chi connectivity index (χ1v) is 6.41. The highest BCUT2D eigenvalue weighted by molar-refractivity contribution is 6.31. The Hall–Kier alpha value is -1.30. The van der Waals surface area contributed by atoms with E-state index in [4.69, 9.17) is 26.8 Å². The molecule has 0 saturated heterocycles. The Bertz CT molecular complexity index is 413. The molecule has 0 atom stereocenters. The summed E-state index contributed by atoms with van der Waals surface area (Å²) in [5, 5.41) is 3.83. The largest absolute Gasteiger partial charge is 0.493 e. The molecule has 0 bridgehead atoms. The Morgan fingerprint density at radius 1 is 1.42 bits per heavy atom. The number of halogens is 1. The molecular weight excluding hydrogens is 268 g/mol. The summed E-state index contributed by atoms with van der Waals surface area (Å²) < 4.78 is 10.5. The second kappa shape index (κ2) is 8.74. The zero-order valence-electron chi connectivity index (χ0n) is 10.9. The normalized spacial score (nSPS) is 10.4. The van der Waals surface area contributed by atoms with Crippen molar-refractivity contribution in [2.24, 2.45) is 5.73 Å². The molecule has 0 unspecified atom stereocenters. The third-order valence-corrected chi connectivity index (χ3v) is 2.82. The van der Waals surface area contributed by atoms with Crippen LogP contribution in [-0.2, 0) is 16.1 Å². The summed E-state index contributed by atoms with van der Waals surface area (Å²) in [6.45, 7) is 2.18. The molecule has 1 amide bonds. The molecule has 106 valence electrons. The van der Waals surface area contributed by atoms with Crippen LogP contribution in [0.2, 0.25) is 5.02 Å². The quantitative estimate of drug-likeness (QED) is 0.672. The third kappa shape index (κ3) is 5.92. The number of nitrogens with two attached hydrogens (primary N) is 1. The van der Waals surface area contributed by atoms with E-state index in [1.54, 1.807) is 19.2 Å². The zero-order chi connectivity index (χ0) is 14.1. The fraction of sp³-hybridized carbons (Fsp3) is 0.462. The molecule has 0 heterocycles. The van der Waals surface area contributed by atoms with Crippen LogP contribution >= 0.6 is 11.6 Å². The van der Waals surface area contributed by atoms with Gasteiger partial charge in [0.1, 0.15) is 5.75 Å². The van der Waals surface area contributed by atoms with Crippen LogP contribution in [0.5, 0.6) is 5.75 Å². The molecule has 1 rings (SSSR count). The van der Waals surface area contributed by atoms with Gasteiger partial charge in [-0.05, 0) is 12.1 Å². The number of carbonyl (C=O) groups is 1. The SMILES string of the molecule is COCCNCc1c(Cl)cccc1OCCC(N)=O. The number of benzene rings is 1. The molecule has 0 aliphatic heterocycles. The minimum Gasteiger partial charge on any atom is -0.493 e. The molecule has 1 aromatic rings. The number of hydrogen-bond acceptors (Lipinski definition) is 4. The van der Waals surface area contributed by atoms with Crippen molar-refractivity contribution < 1.29 is 14.3 Å². The number of ether oxygens (including phenoxy) is 2. The standard InChI is InChI=1S/C13H19ClN2O3/c1-18-8-6-16-9-10-11(14)3-2-4-12(10)19-7-5-13(15)17/h2-4,16H,5-9H2,1H3,(H2,15,17). The van der Waals surface area contributed by atoms with Gasteiger partial charge in [0.2, 0.25) is 5.91 Å². The van der Waals surface area contributed by atoms with Gasteiger partial charge in [0.15, 0.2) is 0 Å². The van der Waals surface area contributed by atoms with Gasteiger partial charge >= 0.3 is 0 Å². The second-order valence-corrected chi connectivity index (χ2v) is 4.36. The second-order valence-electron chi connectivity index (χ2n) is 3.95. The molecule has 6 heteroatoms. The molecule has 0 aliphatic carbocycles. The predicted octanol–water partition coefficient (Wildman–Crippen LogP) is 1.33. The first-order chi connectivity index (χ1) is 9.15. The molecule has 3 N–H and O–H groups in total. The van der Waals surface area contributed by atoms with Crippen LogP contribution in [0.3, 0.4) is 0 Å². The highest BCUT2D eigenvalue weighted by Gasteiger charge is 2.08. The van der Waals surface area contributed by atoms with Gasteiger partial charge in [0, 0.05) is 30.8 Å². The fourth-order valence-electron chi connectivity index (χ4n) is 1.49. The highest BCUT2D eigenvalue weighted by atomic mass is 35.5. The Morgan fingerprint density at radius 2 is 2.21 bits per heavy atom. The lowest BCUT2D eigenvalue weighted by Gasteiger charge is -2.13. The van der Waals surface area contributed by atoms with Gasteiger partial charge in [-0.2, -0.15) is 0 Å². The maximum Gasteiger partial charge on any atom is 0.220 e. The van der Waals surface area contributed by atoms with Crippen LogP contribution in [0.1, 0.15) is 12.0 Å². The van der Waals surface area contributed by atoms with Crippen LogP contribution in [-0.4, -0.2) is 32.8 Å². The smallest absolute Gasteiger partial charge is 0.220 e. The molecule has 19 heavy (non-hydrogen) atoms. The Morgan fingerprint density at radius 3 is 2.89 bits per heavy atom. The summed E-state index contributed by atoms with van der Waals surface area (Å²) in [5.41, 5.74) is 5.93. The topological polar surface area (TPSA) is 73.6 Å². The van der Waals surface area contributed by atoms with Crippen molar-refractivity contribution >= 4 is 17.5 Å². The Balaban J connectivity index is 2.58. The third-order valence-electron chi connectivity index (χ3n) is 2.47. The number of rotatable bonds is 9. The first kappa shape index (κ1) is 15.8. The van der Waals surface area contributed by atoms with Crippen LogP contribution in [0.4, 0.5) is 0 Å². The van der Waals surface area contributed by atoms with Crippen LogP contribution in [0.15, 0.2) is 18.2 Å². The highest BCUT2D eigenvalue weighted by Crippen LogP contribution is 2.26. The summed E-state index contributed by atoms with van der Waals surface area (Å²) in [6, 6.07) is 5.43. The van der Waals surface area contributed by atoms with E-state index >= 15 is 0 Å². The number of nitrogens with one attached hydrogen (secondary N) is 1. The van der Waals surface area contributed by atoms with Gasteiger partial charge < -0.3 is 20.5 Å². The molecule has 0 radical (unpaired) electrons. The fourth-order valence-corrected chi connectivity index (χ4v) is 1.73. The van der Waals surface area contributed by atoms with Crippen molar-refractivity contribution in [3.05, 3.63) is 28.8 Å². The molecule has 0 aromatic heterocycles. The van der Waals surface area contributed by atoms with Crippen LogP contribution in [0.25, 0.3) is 0 Å². The van der Waals surface area contributed by atoms with Gasteiger partial charge in [0.05, 0.1) is 19.6 Å². The van der Waals surface area contributed by atoms with E-state index in [1.807, 2.05) is 6.07 Å². The van der Waals surface area contributed by atoms with Gasteiger partial charge in [-0.3, -0.25) is 4.79 Å². The maximum absolute atomic E-state index is 10.7. The van der Waals surface area contributed by atoms with Crippen molar-refractivity contribution in [2.75, 3.05) is 26.9 Å². The lowest BCUT2D eigenvalue weighted by Crippen LogP contribution is -2.20. The van der Waals surface area contributed by atoms with Gasteiger partial charge in [-0.25, -0.2) is 0 Å². The van der Waals surface area contributed by atoms with E-state index in [0.29, 0.717) is 23.9 Å². The van der Waals surface area contributed by atoms with Crippen molar-refractivity contribution in [3.8, 4) is 5.75 Å². The number of hydrogen-bond donors (Lipinski definition) is 2. The molecule has 0 fully saturated rings. The van der Waals surface area contributed by atoms with Crippen molar-refractivity contribution in [2.45, 2.75) is 13.0 Å². The van der Waals surface area contributed by atoms with Gasteiger partial charge in [-0.15, -0.1) is 0 Å². The average Bonchev–Trinajstić information content (AvgIpc) is 2.36. The Labute approximate surface area is 118 Å². The average molecular weight is 287 g/mol. The van der Waals surface area contributed by atoms with E-state index in [-0.39, 0.29) is 18.9 Å². The number of amides is 1. The molecular formula is C13H19ClN2O3. The summed E-state index contributed by atoms with van der Waals surface area (Å²) in [5.74, 6) is 0.278. The minimum atomic E-state index is -0.387. The minimum absolute atomic E-state index is 0.184. The van der Waals surface area contributed by atoms with Crippen molar-refractivity contribution in [3.63, 3.8) is 0 Å². The number of primary amides is 1. The number of carbonyl (C=O) groups excluding carboxylic acids is 1.